The molecule has 3 heteroatoms. The number of phenols is 1. The van der Waals surface area contributed by atoms with Gasteiger partial charge in [0.05, 0.1) is 17.3 Å². The molecule has 0 radical (unpaired) electrons. The third-order valence-electron chi connectivity index (χ3n) is 3.96. The van der Waals surface area contributed by atoms with Crippen molar-refractivity contribution >= 4 is 5.69 Å². The highest BCUT2D eigenvalue weighted by Gasteiger charge is 2.25. The van der Waals surface area contributed by atoms with Gasteiger partial charge in [0.25, 0.3) is 0 Å². The number of nitriles is 1. The molecule has 2 aromatic carbocycles. The zero-order valence-electron chi connectivity index (χ0n) is 11.4. The van der Waals surface area contributed by atoms with E-state index in [0.717, 1.165) is 35.2 Å². The van der Waals surface area contributed by atoms with Gasteiger partial charge in [0.2, 0.25) is 0 Å². The second-order valence-corrected chi connectivity index (χ2v) is 5.19. The molecular formula is C17H16N2O. The van der Waals surface area contributed by atoms with Crippen LogP contribution in [0.3, 0.4) is 0 Å². The lowest BCUT2D eigenvalue weighted by Gasteiger charge is -2.17. The van der Waals surface area contributed by atoms with Crippen molar-refractivity contribution in [1.82, 2.24) is 0 Å². The summed E-state index contributed by atoms with van der Waals surface area (Å²) in [5.41, 5.74) is 4.70. The molecule has 1 aliphatic carbocycles. The van der Waals surface area contributed by atoms with Gasteiger partial charge in [-0.1, -0.05) is 24.3 Å². The predicted molar refractivity (Wildman–Crippen MR) is 78.7 cm³/mol. The van der Waals surface area contributed by atoms with Crippen molar-refractivity contribution in [1.29, 1.82) is 5.26 Å². The van der Waals surface area contributed by atoms with E-state index in [4.69, 9.17) is 0 Å². The normalized spacial score (nSPS) is 16.5. The summed E-state index contributed by atoms with van der Waals surface area (Å²) in [7, 11) is 0. The van der Waals surface area contributed by atoms with E-state index < -0.39 is 0 Å². The lowest BCUT2D eigenvalue weighted by atomic mass is 10.0. The van der Waals surface area contributed by atoms with Crippen molar-refractivity contribution in [2.75, 3.05) is 5.32 Å². The van der Waals surface area contributed by atoms with Gasteiger partial charge in [-0.3, -0.25) is 0 Å². The van der Waals surface area contributed by atoms with Gasteiger partial charge in [0, 0.05) is 0 Å². The number of benzene rings is 2. The molecule has 3 rings (SSSR count). The number of aryl methyl sites for hydroxylation is 1. The number of anilines is 1. The Morgan fingerprint density at radius 3 is 2.85 bits per heavy atom. The van der Waals surface area contributed by atoms with Crippen LogP contribution in [0.15, 0.2) is 36.4 Å². The molecule has 1 unspecified atom stereocenters. The molecule has 1 atom stereocenters. The maximum absolute atomic E-state index is 9.88. The molecule has 0 aromatic heterocycles. The molecule has 2 aromatic rings. The van der Waals surface area contributed by atoms with Crippen molar-refractivity contribution in [2.24, 2.45) is 0 Å². The Balaban J connectivity index is 1.94. The zero-order valence-corrected chi connectivity index (χ0v) is 11.4. The van der Waals surface area contributed by atoms with Crippen LogP contribution in [-0.2, 0) is 6.42 Å². The highest BCUT2D eigenvalue weighted by atomic mass is 16.3. The van der Waals surface area contributed by atoms with Gasteiger partial charge in [-0.15, -0.1) is 0 Å². The van der Waals surface area contributed by atoms with Gasteiger partial charge < -0.3 is 10.4 Å². The Hall–Kier alpha value is -2.47. The van der Waals surface area contributed by atoms with Crippen molar-refractivity contribution in [3.05, 3.63) is 58.7 Å². The van der Waals surface area contributed by atoms with Crippen LogP contribution in [0.1, 0.15) is 34.7 Å². The Bertz CT molecular complexity index is 701. The van der Waals surface area contributed by atoms with Crippen LogP contribution in [0.2, 0.25) is 0 Å². The molecule has 0 heterocycles. The number of nitrogens with zero attached hydrogens (tertiary/aromatic N) is 1. The Morgan fingerprint density at radius 2 is 2.05 bits per heavy atom. The molecule has 0 bridgehead atoms. The van der Waals surface area contributed by atoms with Gasteiger partial charge in [-0.25, -0.2) is 0 Å². The smallest absolute Gasteiger partial charge is 0.119 e. The van der Waals surface area contributed by atoms with Crippen molar-refractivity contribution in [3.63, 3.8) is 0 Å². The topological polar surface area (TPSA) is 56.0 Å². The summed E-state index contributed by atoms with van der Waals surface area (Å²) in [6.45, 7) is 1.94. The van der Waals surface area contributed by atoms with E-state index in [1.54, 1.807) is 6.07 Å². The van der Waals surface area contributed by atoms with Crippen LogP contribution < -0.4 is 5.32 Å². The summed E-state index contributed by atoms with van der Waals surface area (Å²) in [6.07, 6.45) is 1.80. The molecule has 3 nitrogen and oxygen atoms in total. The van der Waals surface area contributed by atoms with E-state index in [2.05, 4.69) is 11.4 Å². The molecule has 100 valence electrons. The molecule has 1 aliphatic rings. The minimum atomic E-state index is 0.158. The third-order valence-corrected chi connectivity index (χ3v) is 3.96. The number of fused-ring (bicyclic) bond motifs is 1. The lowest BCUT2D eigenvalue weighted by molar-refractivity contribution is 0.469. The Morgan fingerprint density at radius 1 is 1.25 bits per heavy atom. The van der Waals surface area contributed by atoms with Crippen LogP contribution in [-0.4, -0.2) is 5.11 Å². The second kappa shape index (κ2) is 4.90. The molecule has 2 N–H and O–H groups in total. The van der Waals surface area contributed by atoms with Gasteiger partial charge in [0.1, 0.15) is 11.8 Å². The van der Waals surface area contributed by atoms with E-state index in [0.29, 0.717) is 11.3 Å². The van der Waals surface area contributed by atoms with E-state index in [-0.39, 0.29) is 6.04 Å². The molecule has 0 aliphatic heterocycles. The molecule has 0 fully saturated rings. The quantitative estimate of drug-likeness (QED) is 0.870. The van der Waals surface area contributed by atoms with Crippen LogP contribution in [0.25, 0.3) is 0 Å². The molecular weight excluding hydrogens is 248 g/mol. The van der Waals surface area contributed by atoms with E-state index in [9.17, 15) is 10.4 Å². The minimum Gasteiger partial charge on any atom is -0.508 e. The first-order chi connectivity index (χ1) is 9.70. The molecule has 20 heavy (non-hydrogen) atoms. The molecule has 0 spiro atoms. The standard InChI is InChI=1S/C17H16N2O/c1-11-4-2-6-15(14(11)10-18)19-16-9-8-13-12(16)5-3-7-17(13)20/h2-7,16,19-20H,8-9H2,1H3. The van der Waals surface area contributed by atoms with Crippen molar-refractivity contribution in [3.8, 4) is 11.8 Å². The van der Waals surface area contributed by atoms with Crippen LogP contribution in [0.4, 0.5) is 5.69 Å². The maximum Gasteiger partial charge on any atom is 0.119 e. The van der Waals surface area contributed by atoms with E-state index in [1.807, 2.05) is 37.3 Å². The summed E-state index contributed by atoms with van der Waals surface area (Å²) in [6, 6.07) is 13.9. The Kier molecular flexibility index (Phi) is 3.08. The summed E-state index contributed by atoms with van der Waals surface area (Å²) in [4.78, 5) is 0. The number of aromatic hydroxyl groups is 1. The van der Waals surface area contributed by atoms with Crippen LogP contribution in [0, 0.1) is 18.3 Å². The minimum absolute atomic E-state index is 0.158. The van der Waals surface area contributed by atoms with E-state index >= 15 is 0 Å². The average molecular weight is 264 g/mol. The highest BCUT2D eigenvalue weighted by molar-refractivity contribution is 5.62. The summed E-state index contributed by atoms with van der Waals surface area (Å²) in [5.74, 6) is 0.372. The number of rotatable bonds is 2. The fourth-order valence-electron chi connectivity index (χ4n) is 2.91. The second-order valence-electron chi connectivity index (χ2n) is 5.19. The number of phenolic OH excluding ortho intramolecular Hbond substituents is 1. The summed E-state index contributed by atoms with van der Waals surface area (Å²) >= 11 is 0. The third kappa shape index (κ3) is 2.00. The number of hydrogen-bond acceptors (Lipinski definition) is 3. The van der Waals surface area contributed by atoms with Crippen molar-refractivity contribution < 1.29 is 5.11 Å². The van der Waals surface area contributed by atoms with Crippen LogP contribution in [0.5, 0.6) is 5.75 Å². The SMILES string of the molecule is Cc1cccc(NC2CCc3c(O)cccc32)c1C#N. The highest BCUT2D eigenvalue weighted by Crippen LogP contribution is 2.38. The zero-order chi connectivity index (χ0) is 14.1. The van der Waals surface area contributed by atoms with Gasteiger partial charge in [-0.2, -0.15) is 5.26 Å². The monoisotopic (exact) mass is 264 g/mol. The van der Waals surface area contributed by atoms with Crippen molar-refractivity contribution in [2.45, 2.75) is 25.8 Å². The van der Waals surface area contributed by atoms with Gasteiger partial charge >= 0.3 is 0 Å². The first-order valence-electron chi connectivity index (χ1n) is 6.77. The summed E-state index contributed by atoms with van der Waals surface area (Å²) < 4.78 is 0. The predicted octanol–water partition coefficient (Wildman–Crippen LogP) is 3.67. The lowest BCUT2D eigenvalue weighted by Crippen LogP contribution is -2.08. The maximum atomic E-state index is 9.88. The van der Waals surface area contributed by atoms with Gasteiger partial charge in [0.15, 0.2) is 0 Å². The molecule has 0 amide bonds. The van der Waals surface area contributed by atoms with Crippen LogP contribution >= 0.6 is 0 Å². The summed E-state index contributed by atoms with van der Waals surface area (Å²) in [5, 5.41) is 22.6. The number of nitrogens with one attached hydrogen (secondary N) is 1. The largest absolute Gasteiger partial charge is 0.508 e. The molecule has 0 saturated heterocycles. The molecule has 0 saturated carbocycles. The fourth-order valence-corrected chi connectivity index (χ4v) is 2.91. The first kappa shape index (κ1) is 12.6. The Labute approximate surface area is 118 Å². The average Bonchev–Trinajstić information content (AvgIpc) is 2.84. The first-order valence-corrected chi connectivity index (χ1v) is 6.77. The fraction of sp³-hybridized carbons (Fsp3) is 0.235. The van der Waals surface area contributed by atoms with Gasteiger partial charge in [-0.05, 0) is 48.6 Å². The number of hydrogen-bond donors (Lipinski definition) is 2. The van der Waals surface area contributed by atoms with E-state index in [1.165, 1.54) is 0 Å².